The molecule has 0 aliphatic rings. The van der Waals surface area contributed by atoms with Gasteiger partial charge in [-0.15, -0.1) is 0 Å². The van der Waals surface area contributed by atoms with Crippen LogP contribution >= 0.6 is 0 Å². The number of phenolic OH excluding ortho intramolecular Hbond substituents is 2. The smallest absolute Gasteiger partial charge is 0.162 e. The number of ether oxygens (including phenoxy) is 2. The van der Waals surface area contributed by atoms with Gasteiger partial charge in [-0.05, 0) is 33.0 Å². The van der Waals surface area contributed by atoms with Gasteiger partial charge in [0.05, 0.1) is 13.2 Å². The van der Waals surface area contributed by atoms with Crippen LogP contribution in [0.1, 0.15) is 25.0 Å². The summed E-state index contributed by atoms with van der Waals surface area (Å²) in [5.41, 5.74) is 1.67. The summed E-state index contributed by atoms with van der Waals surface area (Å²) < 4.78 is 10.8. The molecule has 0 saturated heterocycles. The Morgan fingerprint density at radius 2 is 1.20 bits per heavy atom. The third kappa shape index (κ3) is 7.40. The first-order valence-electron chi connectivity index (χ1n) is 10.5. The van der Waals surface area contributed by atoms with Crippen LogP contribution < -0.4 is 20.1 Å². The molecule has 0 spiro atoms. The highest BCUT2D eigenvalue weighted by Gasteiger charge is 2.09. The zero-order valence-electron chi connectivity index (χ0n) is 18.3. The van der Waals surface area contributed by atoms with Crippen molar-refractivity contribution in [3.05, 3.63) is 47.5 Å². The summed E-state index contributed by atoms with van der Waals surface area (Å²) in [5, 5.41) is 27.2. The van der Waals surface area contributed by atoms with Crippen molar-refractivity contribution in [2.75, 3.05) is 46.4 Å². The highest BCUT2D eigenvalue weighted by molar-refractivity contribution is 5.46. The third-order valence-corrected chi connectivity index (χ3v) is 4.74. The lowest BCUT2D eigenvalue weighted by Gasteiger charge is -2.18. The molecule has 0 atom stereocenters. The number of nitrogens with one attached hydrogen (secondary N) is 2. The van der Waals surface area contributed by atoms with Crippen molar-refractivity contribution in [2.45, 2.75) is 26.9 Å². The number of hydrogen-bond donors (Lipinski definition) is 4. The highest BCUT2D eigenvalue weighted by Crippen LogP contribution is 2.30. The SMILES string of the molecule is CCOc1cccc(CNCCN(C)CCNCc2cccc(OCC)c2O)c1O. The van der Waals surface area contributed by atoms with E-state index in [4.69, 9.17) is 9.47 Å². The van der Waals surface area contributed by atoms with Crippen LogP contribution in [0.25, 0.3) is 0 Å². The lowest BCUT2D eigenvalue weighted by atomic mass is 10.2. The Labute approximate surface area is 179 Å². The second kappa shape index (κ2) is 13.0. The average Bonchev–Trinajstić information content (AvgIpc) is 2.74. The molecule has 0 aliphatic heterocycles. The van der Waals surface area contributed by atoms with Gasteiger partial charge in [0.2, 0.25) is 0 Å². The zero-order valence-corrected chi connectivity index (χ0v) is 18.3. The van der Waals surface area contributed by atoms with E-state index in [1.807, 2.05) is 38.1 Å². The molecule has 2 aromatic carbocycles. The predicted molar refractivity (Wildman–Crippen MR) is 119 cm³/mol. The van der Waals surface area contributed by atoms with Crippen LogP contribution in [-0.4, -0.2) is 61.6 Å². The molecule has 2 aromatic rings. The van der Waals surface area contributed by atoms with Crippen LogP contribution in [0.4, 0.5) is 0 Å². The summed E-state index contributed by atoms with van der Waals surface area (Å²) in [4.78, 5) is 2.23. The molecule has 2 rings (SSSR count). The Morgan fingerprint density at radius 1 is 0.767 bits per heavy atom. The standard InChI is InChI=1S/C23H35N3O4/c1-4-29-20-10-6-8-18(22(20)27)16-24-12-14-26(3)15-13-25-17-19-9-7-11-21(23(19)28)30-5-2/h6-11,24-25,27-28H,4-5,12-17H2,1-3H3. The molecule has 0 aromatic heterocycles. The fourth-order valence-electron chi connectivity index (χ4n) is 3.06. The fraction of sp³-hybridized carbons (Fsp3) is 0.478. The van der Waals surface area contributed by atoms with E-state index in [-0.39, 0.29) is 11.5 Å². The van der Waals surface area contributed by atoms with E-state index >= 15 is 0 Å². The molecule has 0 aliphatic carbocycles. The minimum Gasteiger partial charge on any atom is -0.504 e. The first-order chi connectivity index (χ1) is 14.6. The van der Waals surface area contributed by atoms with Crippen LogP contribution in [0.5, 0.6) is 23.0 Å². The van der Waals surface area contributed by atoms with Gasteiger partial charge in [0.25, 0.3) is 0 Å². The van der Waals surface area contributed by atoms with E-state index in [1.165, 1.54) is 0 Å². The van der Waals surface area contributed by atoms with Crippen molar-refractivity contribution in [3.8, 4) is 23.0 Å². The van der Waals surface area contributed by atoms with E-state index in [2.05, 4.69) is 22.6 Å². The number of phenols is 2. The average molecular weight is 418 g/mol. The van der Waals surface area contributed by atoms with E-state index in [0.717, 1.165) is 37.3 Å². The first-order valence-corrected chi connectivity index (χ1v) is 10.5. The van der Waals surface area contributed by atoms with Crippen LogP contribution in [0.2, 0.25) is 0 Å². The Hall–Kier alpha value is -2.48. The minimum atomic E-state index is 0.209. The molecule has 0 amide bonds. The van der Waals surface area contributed by atoms with Gasteiger partial charge < -0.3 is 35.2 Å². The highest BCUT2D eigenvalue weighted by atomic mass is 16.5. The maximum atomic E-state index is 10.2. The predicted octanol–water partition coefficient (Wildman–Crippen LogP) is 2.71. The van der Waals surface area contributed by atoms with Crippen molar-refractivity contribution in [1.82, 2.24) is 15.5 Å². The van der Waals surface area contributed by atoms with Gasteiger partial charge >= 0.3 is 0 Å². The zero-order chi connectivity index (χ0) is 21.8. The van der Waals surface area contributed by atoms with Crippen molar-refractivity contribution < 1.29 is 19.7 Å². The van der Waals surface area contributed by atoms with Crippen molar-refractivity contribution in [3.63, 3.8) is 0 Å². The van der Waals surface area contributed by atoms with Gasteiger partial charge in [-0.3, -0.25) is 0 Å². The molecule has 7 nitrogen and oxygen atoms in total. The molecule has 30 heavy (non-hydrogen) atoms. The second-order valence-electron chi connectivity index (χ2n) is 7.05. The van der Waals surface area contributed by atoms with Crippen LogP contribution in [0.3, 0.4) is 0 Å². The Balaban J connectivity index is 1.64. The molecular weight excluding hydrogens is 382 g/mol. The maximum Gasteiger partial charge on any atom is 0.162 e. The number of benzene rings is 2. The molecule has 0 heterocycles. The van der Waals surface area contributed by atoms with Crippen LogP contribution in [0, 0.1) is 0 Å². The molecule has 166 valence electrons. The van der Waals surface area contributed by atoms with Gasteiger partial charge in [0.15, 0.2) is 23.0 Å². The van der Waals surface area contributed by atoms with Gasteiger partial charge in [-0.2, -0.15) is 0 Å². The van der Waals surface area contributed by atoms with Gasteiger partial charge in [-0.25, -0.2) is 0 Å². The van der Waals surface area contributed by atoms with Gasteiger partial charge in [-0.1, -0.05) is 24.3 Å². The number of hydrogen-bond acceptors (Lipinski definition) is 7. The Kier molecular flexibility index (Phi) is 10.3. The van der Waals surface area contributed by atoms with Crippen molar-refractivity contribution in [2.24, 2.45) is 0 Å². The Morgan fingerprint density at radius 3 is 1.60 bits per heavy atom. The summed E-state index contributed by atoms with van der Waals surface area (Å²) >= 11 is 0. The van der Waals surface area contributed by atoms with Gasteiger partial charge in [0.1, 0.15) is 0 Å². The first kappa shape index (κ1) is 23.8. The topological polar surface area (TPSA) is 86.2 Å². The molecule has 4 N–H and O–H groups in total. The number of para-hydroxylation sites is 2. The van der Waals surface area contributed by atoms with E-state index in [0.29, 0.717) is 37.8 Å². The third-order valence-electron chi connectivity index (χ3n) is 4.74. The molecule has 0 unspecified atom stereocenters. The second-order valence-corrected chi connectivity index (χ2v) is 7.05. The number of aromatic hydroxyl groups is 2. The maximum absolute atomic E-state index is 10.2. The summed E-state index contributed by atoms with van der Waals surface area (Å²) in [7, 11) is 2.07. The summed E-state index contributed by atoms with van der Waals surface area (Å²) in [5.74, 6) is 1.47. The number of likely N-dealkylation sites (N-methyl/N-ethyl adjacent to an activating group) is 1. The molecule has 7 heteroatoms. The summed E-state index contributed by atoms with van der Waals surface area (Å²) in [6, 6.07) is 11.1. The van der Waals surface area contributed by atoms with E-state index in [9.17, 15) is 10.2 Å². The normalized spacial score (nSPS) is 11.1. The van der Waals surface area contributed by atoms with E-state index in [1.54, 1.807) is 12.1 Å². The van der Waals surface area contributed by atoms with Crippen LogP contribution in [-0.2, 0) is 13.1 Å². The largest absolute Gasteiger partial charge is 0.504 e. The fourth-order valence-corrected chi connectivity index (χ4v) is 3.06. The quantitative estimate of drug-likeness (QED) is 0.352. The molecular formula is C23H35N3O4. The number of rotatable bonds is 14. The van der Waals surface area contributed by atoms with Crippen molar-refractivity contribution in [1.29, 1.82) is 0 Å². The Bertz CT molecular complexity index is 707. The van der Waals surface area contributed by atoms with E-state index < -0.39 is 0 Å². The van der Waals surface area contributed by atoms with Crippen LogP contribution in [0.15, 0.2) is 36.4 Å². The minimum absolute atomic E-state index is 0.209. The van der Waals surface area contributed by atoms with Crippen molar-refractivity contribution >= 4 is 0 Å². The molecule has 0 radical (unpaired) electrons. The summed E-state index contributed by atoms with van der Waals surface area (Å²) in [6.45, 7) is 9.44. The summed E-state index contributed by atoms with van der Waals surface area (Å²) in [6.07, 6.45) is 0. The molecule has 0 bridgehead atoms. The lowest BCUT2D eigenvalue weighted by Crippen LogP contribution is -2.34. The van der Waals surface area contributed by atoms with Gasteiger partial charge in [0, 0.05) is 50.4 Å². The monoisotopic (exact) mass is 417 g/mol. The molecule has 0 saturated carbocycles. The number of nitrogens with zero attached hydrogens (tertiary/aromatic N) is 1. The molecule has 0 fully saturated rings. The lowest BCUT2D eigenvalue weighted by molar-refractivity contribution is 0.313.